The standard InChI is InChI=1S/C17H27NO2.C2H6/c1-5-7-8-12(6-2)9-13(11-18)10-14-15(16(19)20)17(14,3)4;1-2/h10,12,14-15H,5-9H2,1-4H3,(H,19,20);1-2H3/b13-10+;. The van der Waals surface area contributed by atoms with E-state index in [0.717, 1.165) is 24.8 Å². The monoisotopic (exact) mass is 307 g/mol. The first kappa shape index (κ1) is 20.7. The Morgan fingerprint density at radius 3 is 2.32 bits per heavy atom. The quantitative estimate of drug-likeness (QED) is 0.608. The van der Waals surface area contributed by atoms with E-state index in [9.17, 15) is 15.2 Å². The third-order valence-electron chi connectivity index (χ3n) is 4.75. The molecule has 0 saturated heterocycles. The number of hydrogen-bond donors (Lipinski definition) is 1. The number of allylic oxidation sites excluding steroid dienone is 2. The molecule has 1 saturated carbocycles. The van der Waals surface area contributed by atoms with Crippen LogP contribution in [0.3, 0.4) is 0 Å². The minimum absolute atomic E-state index is 0.0123. The number of carbonyl (C=O) groups is 1. The van der Waals surface area contributed by atoms with Crippen molar-refractivity contribution in [3.8, 4) is 6.07 Å². The predicted molar refractivity (Wildman–Crippen MR) is 91.4 cm³/mol. The van der Waals surface area contributed by atoms with Crippen LogP contribution < -0.4 is 0 Å². The Bertz CT molecular complexity index is 418. The molecule has 0 bridgehead atoms. The van der Waals surface area contributed by atoms with E-state index in [0.29, 0.717) is 5.92 Å². The maximum atomic E-state index is 11.2. The van der Waals surface area contributed by atoms with Gasteiger partial charge in [0.05, 0.1) is 12.0 Å². The molecule has 22 heavy (non-hydrogen) atoms. The van der Waals surface area contributed by atoms with Crippen molar-refractivity contribution in [3.05, 3.63) is 11.6 Å². The van der Waals surface area contributed by atoms with Gasteiger partial charge in [-0.15, -0.1) is 0 Å². The zero-order valence-corrected chi connectivity index (χ0v) is 15.1. The summed E-state index contributed by atoms with van der Waals surface area (Å²) in [5.41, 5.74) is 0.564. The van der Waals surface area contributed by atoms with Crippen LogP contribution in [0.2, 0.25) is 0 Å². The molecule has 0 aromatic carbocycles. The number of aliphatic carboxylic acids is 1. The van der Waals surface area contributed by atoms with Crippen LogP contribution in [-0.2, 0) is 4.79 Å². The molecule has 1 N–H and O–H groups in total. The molecule has 0 aromatic rings. The largest absolute Gasteiger partial charge is 0.481 e. The highest BCUT2D eigenvalue weighted by Gasteiger charge is 2.61. The molecule has 3 heteroatoms. The van der Waals surface area contributed by atoms with E-state index in [1.54, 1.807) is 0 Å². The van der Waals surface area contributed by atoms with E-state index >= 15 is 0 Å². The van der Waals surface area contributed by atoms with Crippen LogP contribution in [0, 0.1) is 34.5 Å². The highest BCUT2D eigenvalue weighted by atomic mass is 16.4. The van der Waals surface area contributed by atoms with Crippen LogP contribution >= 0.6 is 0 Å². The Labute approximate surface area is 136 Å². The van der Waals surface area contributed by atoms with Gasteiger partial charge >= 0.3 is 5.97 Å². The van der Waals surface area contributed by atoms with Crippen molar-refractivity contribution in [2.24, 2.45) is 23.2 Å². The molecule has 1 aliphatic carbocycles. The van der Waals surface area contributed by atoms with Gasteiger partial charge in [-0.1, -0.05) is 73.3 Å². The molecule has 0 heterocycles. The summed E-state index contributed by atoms with van der Waals surface area (Å²) in [6.07, 6.45) is 7.33. The molecule has 1 aliphatic rings. The molecular formula is C19H33NO2. The highest BCUT2D eigenvalue weighted by Crippen LogP contribution is 2.59. The highest BCUT2D eigenvalue weighted by molar-refractivity contribution is 5.76. The molecule has 1 rings (SSSR count). The maximum absolute atomic E-state index is 11.2. The molecule has 3 atom stereocenters. The fourth-order valence-electron chi connectivity index (χ4n) is 3.08. The molecule has 0 aliphatic heterocycles. The Balaban J connectivity index is 0.00000211. The first-order valence-corrected chi connectivity index (χ1v) is 8.72. The fourth-order valence-corrected chi connectivity index (χ4v) is 3.08. The molecule has 126 valence electrons. The summed E-state index contributed by atoms with van der Waals surface area (Å²) in [4.78, 5) is 11.2. The maximum Gasteiger partial charge on any atom is 0.307 e. The van der Waals surface area contributed by atoms with Gasteiger partial charge in [0.2, 0.25) is 0 Å². The van der Waals surface area contributed by atoms with Gasteiger partial charge in [-0.25, -0.2) is 0 Å². The summed E-state index contributed by atoms with van der Waals surface area (Å²) in [7, 11) is 0. The number of nitrogens with zero attached hydrogens (tertiary/aromatic N) is 1. The second-order valence-electron chi connectivity index (χ2n) is 6.59. The molecule has 3 nitrogen and oxygen atoms in total. The van der Waals surface area contributed by atoms with Crippen molar-refractivity contribution < 1.29 is 9.90 Å². The van der Waals surface area contributed by atoms with Crippen LogP contribution in [0.4, 0.5) is 0 Å². The molecule has 0 radical (unpaired) electrons. The Hall–Kier alpha value is -1.30. The van der Waals surface area contributed by atoms with Crippen molar-refractivity contribution >= 4 is 5.97 Å². The van der Waals surface area contributed by atoms with Crippen molar-refractivity contribution in [2.45, 2.75) is 73.6 Å². The topological polar surface area (TPSA) is 61.1 Å². The van der Waals surface area contributed by atoms with E-state index in [1.807, 2.05) is 33.8 Å². The van der Waals surface area contributed by atoms with Gasteiger partial charge in [0.25, 0.3) is 0 Å². The van der Waals surface area contributed by atoms with Gasteiger partial charge < -0.3 is 5.11 Å². The number of rotatable bonds is 8. The number of unbranched alkanes of at least 4 members (excludes halogenated alkanes) is 1. The van der Waals surface area contributed by atoms with Gasteiger partial charge in [-0.3, -0.25) is 4.79 Å². The van der Waals surface area contributed by atoms with Crippen molar-refractivity contribution in [1.29, 1.82) is 5.26 Å². The third kappa shape index (κ3) is 5.48. The van der Waals surface area contributed by atoms with Gasteiger partial charge in [0, 0.05) is 5.57 Å². The average Bonchev–Trinajstić information content (AvgIpc) is 3.05. The van der Waals surface area contributed by atoms with Crippen molar-refractivity contribution in [2.75, 3.05) is 0 Å². The van der Waals surface area contributed by atoms with Crippen LogP contribution in [0.25, 0.3) is 0 Å². The van der Waals surface area contributed by atoms with Crippen molar-refractivity contribution in [1.82, 2.24) is 0 Å². The SMILES string of the molecule is CC.CCCCC(CC)C/C(C#N)=C\C1C(C(=O)O)C1(C)C. The molecule has 1 fully saturated rings. The Morgan fingerprint density at radius 2 is 1.95 bits per heavy atom. The van der Waals surface area contributed by atoms with Crippen LogP contribution in [-0.4, -0.2) is 11.1 Å². The minimum atomic E-state index is -0.744. The van der Waals surface area contributed by atoms with Crippen molar-refractivity contribution in [3.63, 3.8) is 0 Å². The summed E-state index contributed by atoms with van der Waals surface area (Å²) in [6, 6.07) is 2.28. The summed E-state index contributed by atoms with van der Waals surface area (Å²) >= 11 is 0. The number of carboxylic acids is 1. The number of nitriles is 1. The van der Waals surface area contributed by atoms with Gasteiger partial charge in [0.1, 0.15) is 0 Å². The normalized spacial score (nSPS) is 23.8. The smallest absolute Gasteiger partial charge is 0.307 e. The lowest BCUT2D eigenvalue weighted by atomic mass is 9.91. The molecule has 3 unspecified atom stereocenters. The molecular weight excluding hydrogens is 274 g/mol. The van der Waals surface area contributed by atoms with Gasteiger partial charge in [-0.2, -0.15) is 5.26 Å². The number of hydrogen-bond acceptors (Lipinski definition) is 2. The Morgan fingerprint density at radius 1 is 1.36 bits per heavy atom. The summed E-state index contributed by atoms with van der Waals surface area (Å²) in [6.45, 7) is 12.3. The number of carboxylic acid groups (broad SMARTS) is 1. The predicted octanol–water partition coefficient (Wildman–Crippen LogP) is 5.43. The summed E-state index contributed by atoms with van der Waals surface area (Å²) in [5, 5.41) is 18.5. The first-order chi connectivity index (χ1) is 10.4. The lowest BCUT2D eigenvalue weighted by molar-refractivity contribution is -0.139. The second kappa shape index (κ2) is 9.66. The minimum Gasteiger partial charge on any atom is -0.481 e. The molecule has 0 aromatic heterocycles. The lowest BCUT2D eigenvalue weighted by Gasteiger charge is -2.13. The lowest BCUT2D eigenvalue weighted by Crippen LogP contribution is -2.03. The fraction of sp³-hybridized carbons (Fsp3) is 0.789. The van der Waals surface area contributed by atoms with Crippen LogP contribution in [0.15, 0.2) is 11.6 Å². The molecule has 0 amide bonds. The third-order valence-corrected chi connectivity index (χ3v) is 4.75. The van der Waals surface area contributed by atoms with Gasteiger partial charge in [0.15, 0.2) is 0 Å². The van der Waals surface area contributed by atoms with Crippen LogP contribution in [0.5, 0.6) is 0 Å². The summed E-state index contributed by atoms with van der Waals surface area (Å²) in [5.74, 6) is -0.516. The van der Waals surface area contributed by atoms with E-state index in [4.69, 9.17) is 0 Å². The van der Waals surface area contributed by atoms with Crippen LogP contribution in [0.1, 0.15) is 73.6 Å². The average molecular weight is 307 g/mol. The zero-order chi connectivity index (χ0) is 17.3. The van der Waals surface area contributed by atoms with E-state index < -0.39 is 5.97 Å². The van der Waals surface area contributed by atoms with E-state index in [-0.39, 0.29) is 17.3 Å². The summed E-state index contributed by atoms with van der Waals surface area (Å²) < 4.78 is 0. The second-order valence-corrected chi connectivity index (χ2v) is 6.59. The Kier molecular flexibility index (Phi) is 9.09. The zero-order valence-electron chi connectivity index (χ0n) is 15.1. The van der Waals surface area contributed by atoms with E-state index in [2.05, 4.69) is 19.9 Å². The van der Waals surface area contributed by atoms with Gasteiger partial charge in [-0.05, 0) is 23.7 Å². The first-order valence-electron chi connectivity index (χ1n) is 8.72. The van der Waals surface area contributed by atoms with E-state index in [1.165, 1.54) is 12.8 Å². The molecule has 0 spiro atoms.